The number of piperazine rings is 1. The van der Waals surface area contributed by atoms with Crippen LogP contribution in [0.1, 0.15) is 56.2 Å². The zero-order chi connectivity index (χ0) is 21.3. The van der Waals surface area contributed by atoms with Gasteiger partial charge in [0.15, 0.2) is 5.13 Å². The second-order valence-corrected chi connectivity index (χ2v) is 9.80. The van der Waals surface area contributed by atoms with Crippen LogP contribution in [-0.2, 0) is 11.2 Å². The number of carbonyl (C=O) groups excluding carboxylic acids is 1. The number of thiazole rings is 1. The molecule has 0 spiro atoms. The molecular weight excluding hydrogens is 390 g/mol. The van der Waals surface area contributed by atoms with Crippen molar-refractivity contribution >= 4 is 32.6 Å². The van der Waals surface area contributed by atoms with Gasteiger partial charge in [0.25, 0.3) is 0 Å². The maximum absolute atomic E-state index is 12.8. The Labute approximate surface area is 183 Å². The summed E-state index contributed by atoms with van der Waals surface area (Å²) in [5.41, 5.74) is 4.86. The van der Waals surface area contributed by atoms with E-state index in [4.69, 9.17) is 4.98 Å². The highest BCUT2D eigenvalue weighted by Crippen LogP contribution is 2.33. The number of hydrogen-bond donors (Lipinski definition) is 0. The largest absolute Gasteiger partial charge is 0.345 e. The number of aromatic nitrogens is 1. The highest BCUT2D eigenvalue weighted by atomic mass is 32.1. The van der Waals surface area contributed by atoms with E-state index in [1.807, 2.05) is 4.90 Å². The molecule has 1 saturated heterocycles. The molecule has 0 atom stereocenters. The summed E-state index contributed by atoms with van der Waals surface area (Å²) in [5.74, 6) is 1.20. The van der Waals surface area contributed by atoms with Crippen molar-refractivity contribution in [3.05, 3.63) is 59.2 Å². The Morgan fingerprint density at radius 3 is 2.30 bits per heavy atom. The Kier molecular flexibility index (Phi) is 6.09. The second kappa shape index (κ2) is 8.76. The number of amides is 1. The van der Waals surface area contributed by atoms with E-state index >= 15 is 0 Å². The molecule has 2 aromatic carbocycles. The molecule has 0 radical (unpaired) electrons. The molecule has 158 valence electrons. The van der Waals surface area contributed by atoms with Gasteiger partial charge in [-0.1, -0.05) is 75.4 Å². The van der Waals surface area contributed by atoms with E-state index in [9.17, 15) is 4.79 Å². The number of anilines is 1. The molecule has 0 saturated carbocycles. The molecule has 30 heavy (non-hydrogen) atoms. The van der Waals surface area contributed by atoms with Crippen LogP contribution < -0.4 is 4.90 Å². The molecule has 1 aliphatic rings. The van der Waals surface area contributed by atoms with E-state index in [1.54, 1.807) is 11.3 Å². The third-order valence-electron chi connectivity index (χ3n) is 5.97. The van der Waals surface area contributed by atoms with Crippen LogP contribution >= 0.6 is 11.3 Å². The van der Waals surface area contributed by atoms with Gasteiger partial charge in [-0.25, -0.2) is 4.98 Å². The molecule has 1 aliphatic heterocycles. The maximum Gasteiger partial charge on any atom is 0.227 e. The zero-order valence-electron chi connectivity index (χ0n) is 18.4. The summed E-state index contributed by atoms with van der Waals surface area (Å²) >= 11 is 1.76. The summed E-state index contributed by atoms with van der Waals surface area (Å²) in [6.07, 6.45) is 0.483. The minimum absolute atomic E-state index is 0.221. The number of nitrogens with zero attached hydrogens (tertiary/aromatic N) is 3. The van der Waals surface area contributed by atoms with Crippen LogP contribution in [0.15, 0.2) is 42.5 Å². The summed E-state index contributed by atoms with van der Waals surface area (Å²) in [5, 5.41) is 1.08. The molecule has 1 fully saturated rings. The minimum atomic E-state index is 0.221. The van der Waals surface area contributed by atoms with Crippen LogP contribution in [0.2, 0.25) is 0 Å². The summed E-state index contributed by atoms with van der Waals surface area (Å²) in [4.78, 5) is 22.1. The average molecular weight is 422 g/mol. The van der Waals surface area contributed by atoms with Crippen molar-refractivity contribution < 1.29 is 4.79 Å². The third-order valence-corrected chi connectivity index (χ3v) is 7.05. The quantitative estimate of drug-likeness (QED) is 0.551. The molecule has 4 rings (SSSR count). The molecule has 1 amide bonds. The normalized spacial score (nSPS) is 14.9. The van der Waals surface area contributed by atoms with Crippen molar-refractivity contribution in [3.63, 3.8) is 0 Å². The summed E-state index contributed by atoms with van der Waals surface area (Å²) in [7, 11) is 0. The molecule has 2 heterocycles. The Morgan fingerprint density at radius 2 is 1.67 bits per heavy atom. The molecule has 0 bridgehead atoms. The van der Waals surface area contributed by atoms with Crippen LogP contribution in [0.4, 0.5) is 5.13 Å². The van der Waals surface area contributed by atoms with Gasteiger partial charge >= 0.3 is 0 Å². The van der Waals surface area contributed by atoms with E-state index in [0.29, 0.717) is 18.3 Å². The van der Waals surface area contributed by atoms with Gasteiger partial charge in [-0.15, -0.1) is 0 Å². The fourth-order valence-corrected chi connectivity index (χ4v) is 5.07. The summed E-state index contributed by atoms with van der Waals surface area (Å²) < 4.78 is 1.25. The molecular formula is C25H31N3OS. The van der Waals surface area contributed by atoms with Gasteiger partial charge in [0.1, 0.15) is 0 Å². The number of hydrogen-bond acceptors (Lipinski definition) is 4. The van der Waals surface area contributed by atoms with Crippen molar-refractivity contribution in [3.8, 4) is 0 Å². The lowest BCUT2D eigenvalue weighted by Gasteiger charge is -2.34. The lowest BCUT2D eigenvalue weighted by Crippen LogP contribution is -2.49. The first-order valence-electron chi connectivity index (χ1n) is 10.9. The Balaban J connectivity index is 1.38. The fourth-order valence-electron chi connectivity index (χ4n) is 4.01. The van der Waals surface area contributed by atoms with Crippen LogP contribution in [-0.4, -0.2) is 42.0 Å². The molecule has 5 heteroatoms. The van der Waals surface area contributed by atoms with E-state index in [1.165, 1.54) is 15.8 Å². The predicted molar refractivity (Wildman–Crippen MR) is 127 cm³/mol. The van der Waals surface area contributed by atoms with Crippen molar-refractivity contribution in [2.45, 2.75) is 46.0 Å². The monoisotopic (exact) mass is 421 g/mol. The Bertz CT molecular complexity index is 1010. The highest BCUT2D eigenvalue weighted by molar-refractivity contribution is 7.22. The maximum atomic E-state index is 12.8. The van der Waals surface area contributed by atoms with Gasteiger partial charge < -0.3 is 9.80 Å². The first-order chi connectivity index (χ1) is 14.4. The van der Waals surface area contributed by atoms with Gasteiger partial charge in [-0.3, -0.25) is 4.79 Å². The molecule has 0 unspecified atom stereocenters. The average Bonchev–Trinajstić information content (AvgIpc) is 3.18. The molecule has 1 aromatic heterocycles. The topological polar surface area (TPSA) is 36.4 Å². The standard InChI is InChI=1S/C25H31N3OS/c1-17(2)20-10-8-19(9-11-20)16-23(29)27-12-14-28(15-13-27)25-26-24-21(18(3)4)6-5-7-22(24)30-25/h5-11,17-18H,12-16H2,1-4H3. The molecule has 3 aromatic rings. The Morgan fingerprint density at radius 1 is 0.967 bits per heavy atom. The van der Waals surface area contributed by atoms with Crippen LogP contribution in [0.3, 0.4) is 0 Å². The Hall–Kier alpha value is -2.40. The molecule has 4 nitrogen and oxygen atoms in total. The van der Waals surface area contributed by atoms with Crippen LogP contribution in [0.25, 0.3) is 10.2 Å². The van der Waals surface area contributed by atoms with Crippen molar-refractivity contribution in [2.24, 2.45) is 0 Å². The smallest absolute Gasteiger partial charge is 0.227 e. The van der Waals surface area contributed by atoms with Gasteiger partial charge in [-0.2, -0.15) is 0 Å². The SMILES string of the molecule is CC(C)c1ccc(CC(=O)N2CCN(c3nc4c(C(C)C)cccc4s3)CC2)cc1. The minimum Gasteiger partial charge on any atom is -0.345 e. The van der Waals surface area contributed by atoms with Crippen molar-refractivity contribution in [1.29, 1.82) is 0 Å². The number of fused-ring (bicyclic) bond motifs is 1. The van der Waals surface area contributed by atoms with E-state index in [-0.39, 0.29) is 5.91 Å². The second-order valence-electron chi connectivity index (χ2n) is 8.79. The van der Waals surface area contributed by atoms with E-state index in [2.05, 4.69) is 75.1 Å². The number of carbonyl (C=O) groups is 1. The van der Waals surface area contributed by atoms with E-state index in [0.717, 1.165) is 42.4 Å². The van der Waals surface area contributed by atoms with Crippen LogP contribution in [0.5, 0.6) is 0 Å². The zero-order valence-corrected chi connectivity index (χ0v) is 19.2. The van der Waals surface area contributed by atoms with Gasteiger partial charge in [-0.05, 0) is 34.6 Å². The van der Waals surface area contributed by atoms with Gasteiger partial charge in [0, 0.05) is 26.2 Å². The van der Waals surface area contributed by atoms with Gasteiger partial charge in [0.2, 0.25) is 5.91 Å². The van der Waals surface area contributed by atoms with Crippen molar-refractivity contribution in [1.82, 2.24) is 9.88 Å². The summed E-state index contributed by atoms with van der Waals surface area (Å²) in [6, 6.07) is 14.9. The third kappa shape index (κ3) is 4.36. The predicted octanol–water partition coefficient (Wildman–Crippen LogP) is 5.43. The van der Waals surface area contributed by atoms with Crippen LogP contribution in [0, 0.1) is 0 Å². The van der Waals surface area contributed by atoms with Gasteiger partial charge in [0.05, 0.1) is 16.6 Å². The first-order valence-corrected chi connectivity index (χ1v) is 11.7. The number of rotatable bonds is 5. The fraction of sp³-hybridized carbons (Fsp3) is 0.440. The highest BCUT2D eigenvalue weighted by Gasteiger charge is 2.23. The van der Waals surface area contributed by atoms with Crippen molar-refractivity contribution in [2.75, 3.05) is 31.1 Å². The molecule has 0 aliphatic carbocycles. The first kappa shape index (κ1) is 20.9. The summed E-state index contributed by atoms with van der Waals surface area (Å²) in [6.45, 7) is 12.0. The lowest BCUT2D eigenvalue weighted by molar-refractivity contribution is -0.130. The van der Waals surface area contributed by atoms with E-state index < -0.39 is 0 Å². The number of para-hydroxylation sites is 1. The number of benzene rings is 2. The lowest BCUT2D eigenvalue weighted by atomic mass is 10.0. The molecule has 0 N–H and O–H groups in total.